The minimum Gasteiger partial charge on any atom is -0.294 e. The number of benzene rings is 2. The van der Waals surface area contributed by atoms with Gasteiger partial charge in [-0.05, 0) is 61.9 Å². The number of rotatable bonds is 7. The number of nitrogens with zero attached hydrogens (tertiary/aromatic N) is 5. The second-order valence-corrected chi connectivity index (χ2v) is 10.5. The van der Waals surface area contributed by atoms with E-state index >= 15 is 0 Å². The van der Waals surface area contributed by atoms with Crippen molar-refractivity contribution in [2.24, 2.45) is 0 Å². The molecule has 2 heterocycles. The molecule has 0 bridgehead atoms. The van der Waals surface area contributed by atoms with Crippen molar-refractivity contribution in [3.05, 3.63) is 107 Å². The van der Waals surface area contributed by atoms with Gasteiger partial charge >= 0.3 is 12.4 Å². The van der Waals surface area contributed by atoms with Crippen LogP contribution in [0.3, 0.4) is 0 Å². The van der Waals surface area contributed by atoms with E-state index in [1.807, 2.05) is 19.2 Å². The minimum atomic E-state index is -4.46. The number of amides is 1. The zero-order valence-electron chi connectivity index (χ0n) is 25.2. The molecule has 0 saturated heterocycles. The van der Waals surface area contributed by atoms with Crippen LogP contribution >= 0.6 is 23.5 Å². The van der Waals surface area contributed by atoms with E-state index in [-0.39, 0.29) is 17.5 Å². The number of ketones is 1. The fourth-order valence-electron chi connectivity index (χ4n) is 3.33. The van der Waals surface area contributed by atoms with Crippen molar-refractivity contribution in [1.82, 2.24) is 25.0 Å². The maximum absolute atomic E-state index is 12.6. The Labute approximate surface area is 270 Å². The van der Waals surface area contributed by atoms with Crippen molar-refractivity contribution in [2.45, 2.75) is 36.0 Å². The summed E-state index contributed by atoms with van der Waals surface area (Å²) in [7, 11) is 2.58. The summed E-state index contributed by atoms with van der Waals surface area (Å²) in [5.74, 6) is -1.04. The lowest BCUT2D eigenvalue weighted by Gasteiger charge is -2.14. The molecule has 0 aliphatic rings. The molecule has 0 spiro atoms. The lowest BCUT2D eigenvalue weighted by Crippen LogP contribution is -2.25. The number of Topliss-reactive ketones (excluding diaryl/α,β-unsaturated/α-hetero) is 1. The second-order valence-electron chi connectivity index (χ2n) is 8.96. The first-order valence-corrected chi connectivity index (χ1v) is 15.4. The molecule has 0 radical (unpaired) electrons. The number of carbonyl (C=O) groups is 2. The van der Waals surface area contributed by atoms with Crippen molar-refractivity contribution in [2.75, 3.05) is 26.7 Å². The molecule has 0 aliphatic heterocycles. The van der Waals surface area contributed by atoms with E-state index in [2.05, 4.69) is 24.8 Å². The van der Waals surface area contributed by atoms with Crippen molar-refractivity contribution < 1.29 is 40.8 Å². The van der Waals surface area contributed by atoms with Crippen molar-refractivity contribution in [3.63, 3.8) is 0 Å². The third-order valence-corrected chi connectivity index (χ3v) is 6.80. The summed E-state index contributed by atoms with van der Waals surface area (Å²) in [6, 6.07) is 12.0. The van der Waals surface area contributed by atoms with E-state index in [9.17, 15) is 35.9 Å². The Morgan fingerprint density at radius 1 is 0.783 bits per heavy atom. The molecule has 0 N–H and O–H groups in total. The summed E-state index contributed by atoms with van der Waals surface area (Å²) >= 11 is 2.89. The third-order valence-electron chi connectivity index (χ3n) is 5.68. The maximum Gasteiger partial charge on any atom is 0.416 e. The number of halogens is 6. The van der Waals surface area contributed by atoms with Gasteiger partial charge in [-0.15, -0.1) is 0 Å². The normalized spacial score (nSPS) is 11.0. The summed E-state index contributed by atoms with van der Waals surface area (Å²) < 4.78 is 74.9. The van der Waals surface area contributed by atoms with E-state index in [4.69, 9.17) is 0 Å². The van der Waals surface area contributed by atoms with Crippen molar-refractivity contribution in [3.8, 4) is 0 Å². The van der Waals surface area contributed by atoms with Crippen LogP contribution in [-0.4, -0.2) is 63.4 Å². The van der Waals surface area contributed by atoms with Crippen LogP contribution < -0.4 is 0 Å². The standard InChI is InChI=1S/C14H11F3N2OS.C10H10F3NO2.C6H8N2S/c1-21-13-18-6-5-11(19-13)8-12(20)9-3-2-4-10(7-9)14(15,16)17;1-14(16-2)9(15)7-4-3-5-8(6-7)10(11,12)13;1-5-3-4-7-6(8-5)9-2/h2-7H,8H2,1H3;3-6H,1-2H3;3-4H,1-2H3. The molecule has 1 amide bonds. The van der Waals surface area contributed by atoms with Gasteiger partial charge in [0.25, 0.3) is 5.91 Å². The van der Waals surface area contributed by atoms with Crippen LogP contribution in [0, 0.1) is 6.92 Å². The second kappa shape index (κ2) is 17.6. The molecule has 0 saturated carbocycles. The quantitative estimate of drug-likeness (QED) is 0.0645. The molecule has 4 aromatic rings. The first-order chi connectivity index (χ1) is 21.6. The maximum atomic E-state index is 12.6. The SMILES string of the molecule is CON(C)C(=O)c1cccc(C(F)(F)F)c1.CSc1nccc(C)n1.CSc1nccc(CC(=O)c2cccc(C(F)(F)F)c2)n1. The fourth-order valence-corrected chi connectivity index (χ4v) is 4.10. The monoisotopic (exact) mass is 685 g/mol. The molecule has 2 aromatic heterocycles. The van der Waals surface area contributed by atoms with Gasteiger partial charge in [0.1, 0.15) is 0 Å². The Balaban J connectivity index is 0.000000260. The van der Waals surface area contributed by atoms with E-state index < -0.39 is 35.2 Å². The third kappa shape index (κ3) is 12.4. The summed E-state index contributed by atoms with van der Waals surface area (Å²) in [5.41, 5.74) is -0.233. The molecular weight excluding hydrogens is 656 g/mol. The molecule has 0 atom stereocenters. The number of aryl methyl sites for hydroxylation is 1. The van der Waals surface area contributed by atoms with Gasteiger partial charge in [-0.1, -0.05) is 41.7 Å². The number of hydrogen-bond acceptors (Lipinski definition) is 9. The Morgan fingerprint density at radius 2 is 1.28 bits per heavy atom. The lowest BCUT2D eigenvalue weighted by molar-refractivity contribution is -0.138. The number of alkyl halides is 6. The Kier molecular flexibility index (Phi) is 14.6. The number of thioether (sulfide) groups is 2. The molecule has 0 fully saturated rings. The van der Waals surface area contributed by atoms with Gasteiger partial charge in [0.2, 0.25) is 0 Å². The number of aromatic nitrogens is 4. The number of hydrogen-bond donors (Lipinski definition) is 0. The zero-order chi connectivity index (χ0) is 34.5. The van der Waals surface area contributed by atoms with Crippen LogP contribution in [0.25, 0.3) is 0 Å². The van der Waals surface area contributed by atoms with Gasteiger partial charge in [0, 0.05) is 36.3 Å². The predicted octanol–water partition coefficient (Wildman–Crippen LogP) is 7.49. The first kappa shape index (κ1) is 38.2. The lowest BCUT2D eigenvalue weighted by atomic mass is 10.0. The molecule has 2 aromatic carbocycles. The van der Waals surface area contributed by atoms with E-state index in [1.54, 1.807) is 30.3 Å². The van der Waals surface area contributed by atoms with Gasteiger partial charge in [0.05, 0.1) is 30.4 Å². The van der Waals surface area contributed by atoms with E-state index in [0.717, 1.165) is 40.2 Å². The van der Waals surface area contributed by atoms with Crippen LogP contribution in [0.1, 0.15) is 43.2 Å². The van der Waals surface area contributed by atoms with Crippen molar-refractivity contribution >= 4 is 35.2 Å². The Bertz CT molecular complexity index is 1610. The van der Waals surface area contributed by atoms with Crippen LogP contribution in [-0.2, 0) is 23.6 Å². The van der Waals surface area contributed by atoms with Crippen molar-refractivity contribution in [1.29, 1.82) is 0 Å². The topological polar surface area (TPSA) is 98.2 Å². The Morgan fingerprint density at radius 3 is 1.76 bits per heavy atom. The highest BCUT2D eigenvalue weighted by Gasteiger charge is 2.32. The van der Waals surface area contributed by atoms with Gasteiger partial charge < -0.3 is 0 Å². The summed E-state index contributed by atoms with van der Waals surface area (Å²) in [6.45, 7) is 1.96. The van der Waals surface area contributed by atoms with Crippen LogP contribution in [0.5, 0.6) is 0 Å². The molecule has 46 heavy (non-hydrogen) atoms. The highest BCUT2D eigenvalue weighted by molar-refractivity contribution is 7.98. The summed E-state index contributed by atoms with van der Waals surface area (Å²) in [4.78, 5) is 44.4. The Hall–Kier alpha value is -4.02. The van der Waals surface area contributed by atoms with E-state index in [0.29, 0.717) is 10.9 Å². The molecule has 246 valence electrons. The average Bonchev–Trinajstić information content (AvgIpc) is 3.04. The minimum absolute atomic E-state index is 0.0224. The zero-order valence-corrected chi connectivity index (χ0v) is 26.8. The predicted molar refractivity (Wildman–Crippen MR) is 162 cm³/mol. The van der Waals surface area contributed by atoms with Crippen LogP contribution in [0.4, 0.5) is 26.3 Å². The molecule has 8 nitrogen and oxygen atoms in total. The van der Waals surface area contributed by atoms with Crippen LogP contribution in [0.15, 0.2) is 83.4 Å². The smallest absolute Gasteiger partial charge is 0.294 e. The fraction of sp³-hybridized carbons (Fsp3) is 0.267. The van der Waals surface area contributed by atoms with Gasteiger partial charge in [0.15, 0.2) is 16.1 Å². The molecule has 4 rings (SSSR count). The average molecular weight is 686 g/mol. The highest BCUT2D eigenvalue weighted by Crippen LogP contribution is 2.30. The molecule has 16 heteroatoms. The molecule has 0 aliphatic carbocycles. The van der Waals surface area contributed by atoms with Gasteiger partial charge in [-0.2, -0.15) is 26.3 Å². The number of carbonyl (C=O) groups excluding carboxylic acids is 2. The summed E-state index contributed by atoms with van der Waals surface area (Å²) in [5, 5.41) is 2.22. The first-order valence-electron chi connectivity index (χ1n) is 13.0. The molecule has 0 unspecified atom stereocenters. The highest BCUT2D eigenvalue weighted by atomic mass is 32.2. The van der Waals surface area contributed by atoms with Gasteiger partial charge in [-0.3, -0.25) is 14.4 Å². The molecular formula is C30H29F6N5O3S2. The van der Waals surface area contributed by atoms with Gasteiger partial charge in [-0.25, -0.2) is 25.0 Å². The largest absolute Gasteiger partial charge is 0.416 e. The number of hydroxylamine groups is 2. The summed E-state index contributed by atoms with van der Waals surface area (Å²) in [6.07, 6.45) is -1.92. The van der Waals surface area contributed by atoms with E-state index in [1.165, 1.54) is 56.4 Å². The van der Waals surface area contributed by atoms with Crippen LogP contribution in [0.2, 0.25) is 0 Å².